The molecule has 160 valence electrons. The molecule has 0 unspecified atom stereocenters. The first kappa shape index (κ1) is 22.0. The van der Waals surface area contributed by atoms with Crippen LogP contribution in [0.15, 0.2) is 83.5 Å². The second-order valence-corrected chi connectivity index (χ2v) is 8.76. The Kier molecular flexibility index (Phi) is 6.29. The number of nitrogens with one attached hydrogen (secondary N) is 2. The van der Waals surface area contributed by atoms with E-state index in [2.05, 4.69) is 33.2 Å². The van der Waals surface area contributed by atoms with E-state index in [0.29, 0.717) is 22.6 Å². The fourth-order valence-corrected chi connectivity index (χ4v) is 3.70. The Morgan fingerprint density at radius 2 is 1.44 bits per heavy atom. The van der Waals surface area contributed by atoms with E-state index in [1.807, 2.05) is 43.3 Å². The van der Waals surface area contributed by atoms with Gasteiger partial charge in [0.2, 0.25) is 0 Å². The number of aryl methyl sites for hydroxylation is 1. The minimum atomic E-state index is -0.587. The van der Waals surface area contributed by atoms with Crippen molar-refractivity contribution >= 4 is 69.0 Å². The summed E-state index contributed by atoms with van der Waals surface area (Å²) in [6.45, 7) is 1.92. The van der Waals surface area contributed by atoms with Crippen LogP contribution >= 0.6 is 34.2 Å². The quantitative estimate of drug-likeness (QED) is 0.330. The van der Waals surface area contributed by atoms with Crippen LogP contribution in [0.25, 0.3) is 0 Å². The fraction of sp³-hybridized carbons (Fsp3) is 0.0417. The van der Waals surface area contributed by atoms with Crippen LogP contribution in [0.4, 0.5) is 17.1 Å². The molecule has 1 aliphatic heterocycles. The number of hydrogen-bond donors (Lipinski definition) is 2. The second-order valence-electron chi connectivity index (χ2n) is 7.13. The Bertz CT molecular complexity index is 1240. The first-order valence-electron chi connectivity index (χ1n) is 9.63. The number of imide groups is 1. The molecule has 0 atom stereocenters. The maximum Gasteiger partial charge on any atom is 0.283 e. The lowest BCUT2D eigenvalue weighted by Gasteiger charge is -2.15. The summed E-state index contributed by atoms with van der Waals surface area (Å²) < 4.78 is 1.07. The summed E-state index contributed by atoms with van der Waals surface area (Å²) in [6.07, 6.45) is 0. The average molecular weight is 558 g/mol. The molecule has 32 heavy (non-hydrogen) atoms. The lowest BCUT2D eigenvalue weighted by Crippen LogP contribution is -2.32. The smallest absolute Gasteiger partial charge is 0.283 e. The molecule has 3 aromatic carbocycles. The highest BCUT2D eigenvalue weighted by Gasteiger charge is 2.38. The SMILES string of the molecule is Cc1ccc(N2C(=O)C(Cl)=C(Nc3ccc(C(=O)Nc4ccc(I)cc4)cc3)C2=O)cc1. The molecule has 6 nitrogen and oxygen atoms in total. The summed E-state index contributed by atoms with van der Waals surface area (Å²) in [5, 5.41) is 5.55. The number of benzene rings is 3. The van der Waals surface area contributed by atoms with Crippen molar-refractivity contribution in [2.45, 2.75) is 6.92 Å². The van der Waals surface area contributed by atoms with Gasteiger partial charge in [0.25, 0.3) is 17.7 Å². The summed E-state index contributed by atoms with van der Waals surface area (Å²) in [4.78, 5) is 38.9. The molecule has 4 rings (SSSR count). The van der Waals surface area contributed by atoms with E-state index in [4.69, 9.17) is 11.6 Å². The van der Waals surface area contributed by atoms with E-state index in [1.54, 1.807) is 36.4 Å². The standard InChI is InChI=1S/C24H17ClIN3O3/c1-14-2-12-19(13-3-14)29-23(31)20(25)21(24(29)32)27-17-8-4-15(5-9-17)22(30)28-18-10-6-16(26)7-11-18/h2-13,27H,1H3,(H,28,30). The molecule has 0 radical (unpaired) electrons. The Hall–Kier alpha value is -3.17. The van der Waals surface area contributed by atoms with E-state index in [1.165, 1.54) is 0 Å². The third-order valence-electron chi connectivity index (χ3n) is 4.84. The van der Waals surface area contributed by atoms with Crippen molar-refractivity contribution in [2.75, 3.05) is 15.5 Å². The molecule has 0 aromatic heterocycles. The van der Waals surface area contributed by atoms with Gasteiger partial charge in [-0.25, -0.2) is 4.90 Å². The molecule has 0 spiro atoms. The first-order valence-corrected chi connectivity index (χ1v) is 11.1. The van der Waals surface area contributed by atoms with E-state index in [9.17, 15) is 14.4 Å². The van der Waals surface area contributed by atoms with Gasteiger partial charge in [0.05, 0.1) is 5.69 Å². The largest absolute Gasteiger partial charge is 0.350 e. The van der Waals surface area contributed by atoms with Gasteiger partial charge in [-0.15, -0.1) is 0 Å². The highest BCUT2D eigenvalue weighted by Crippen LogP contribution is 2.30. The van der Waals surface area contributed by atoms with Gasteiger partial charge in [-0.3, -0.25) is 14.4 Å². The third-order valence-corrected chi connectivity index (χ3v) is 5.91. The highest BCUT2D eigenvalue weighted by molar-refractivity contribution is 14.1. The molecule has 2 N–H and O–H groups in total. The summed E-state index contributed by atoms with van der Waals surface area (Å²) in [6, 6.07) is 21.0. The van der Waals surface area contributed by atoms with Gasteiger partial charge in [-0.2, -0.15) is 0 Å². The zero-order chi connectivity index (χ0) is 22.8. The van der Waals surface area contributed by atoms with E-state index in [0.717, 1.165) is 14.0 Å². The van der Waals surface area contributed by atoms with Gasteiger partial charge in [-0.1, -0.05) is 29.3 Å². The lowest BCUT2D eigenvalue weighted by atomic mass is 10.2. The molecule has 0 bridgehead atoms. The number of nitrogens with zero attached hydrogens (tertiary/aromatic N) is 1. The Balaban J connectivity index is 1.47. The number of halogens is 2. The summed E-state index contributed by atoms with van der Waals surface area (Å²) >= 11 is 8.37. The van der Waals surface area contributed by atoms with Crippen LogP contribution in [-0.4, -0.2) is 17.7 Å². The molecular formula is C24H17ClIN3O3. The van der Waals surface area contributed by atoms with Crippen LogP contribution in [0.2, 0.25) is 0 Å². The van der Waals surface area contributed by atoms with E-state index in [-0.39, 0.29) is 16.6 Å². The Morgan fingerprint density at radius 3 is 2.06 bits per heavy atom. The molecular weight excluding hydrogens is 541 g/mol. The van der Waals surface area contributed by atoms with Crippen LogP contribution < -0.4 is 15.5 Å². The van der Waals surface area contributed by atoms with Crippen molar-refractivity contribution < 1.29 is 14.4 Å². The first-order chi connectivity index (χ1) is 15.3. The third kappa shape index (κ3) is 4.53. The monoisotopic (exact) mass is 557 g/mol. The maximum atomic E-state index is 12.9. The van der Waals surface area contributed by atoms with Crippen LogP contribution in [0.3, 0.4) is 0 Å². The average Bonchev–Trinajstić information content (AvgIpc) is 3.00. The number of anilines is 3. The maximum absolute atomic E-state index is 12.9. The number of carbonyl (C=O) groups is 3. The molecule has 0 saturated carbocycles. The van der Waals surface area contributed by atoms with E-state index >= 15 is 0 Å². The van der Waals surface area contributed by atoms with Gasteiger partial charge < -0.3 is 10.6 Å². The number of hydrogen-bond acceptors (Lipinski definition) is 4. The van der Waals surface area contributed by atoms with Crippen molar-refractivity contribution in [2.24, 2.45) is 0 Å². The molecule has 0 fully saturated rings. The molecule has 3 amide bonds. The Morgan fingerprint density at radius 1 is 0.844 bits per heavy atom. The van der Waals surface area contributed by atoms with Crippen molar-refractivity contribution in [3.05, 3.63) is 98.2 Å². The predicted octanol–water partition coefficient (Wildman–Crippen LogP) is 5.29. The minimum Gasteiger partial charge on any atom is -0.350 e. The Labute approximate surface area is 203 Å². The van der Waals surface area contributed by atoms with E-state index < -0.39 is 11.8 Å². The fourth-order valence-electron chi connectivity index (χ4n) is 3.13. The second kappa shape index (κ2) is 9.13. The number of rotatable bonds is 5. The number of carbonyl (C=O) groups excluding carboxylic acids is 3. The molecule has 3 aromatic rings. The molecule has 1 heterocycles. The molecule has 0 aliphatic carbocycles. The minimum absolute atomic E-state index is 0.00617. The molecule has 0 saturated heterocycles. The summed E-state index contributed by atoms with van der Waals surface area (Å²) in [5.41, 5.74) is 3.12. The normalized spacial score (nSPS) is 13.5. The van der Waals surface area contributed by atoms with Gasteiger partial charge in [0.1, 0.15) is 10.7 Å². The van der Waals surface area contributed by atoms with Crippen LogP contribution in [0.1, 0.15) is 15.9 Å². The predicted molar refractivity (Wildman–Crippen MR) is 134 cm³/mol. The van der Waals surface area contributed by atoms with Crippen molar-refractivity contribution in [3.8, 4) is 0 Å². The van der Waals surface area contributed by atoms with Crippen molar-refractivity contribution in [1.82, 2.24) is 0 Å². The van der Waals surface area contributed by atoms with Crippen LogP contribution in [0.5, 0.6) is 0 Å². The van der Waals surface area contributed by atoms with Gasteiger partial charge >= 0.3 is 0 Å². The lowest BCUT2D eigenvalue weighted by molar-refractivity contribution is -0.120. The number of amides is 3. The van der Waals surface area contributed by atoms with Gasteiger partial charge in [0, 0.05) is 20.5 Å². The topological polar surface area (TPSA) is 78.5 Å². The van der Waals surface area contributed by atoms with Crippen molar-refractivity contribution in [3.63, 3.8) is 0 Å². The van der Waals surface area contributed by atoms with Crippen LogP contribution in [-0.2, 0) is 9.59 Å². The van der Waals surface area contributed by atoms with Crippen molar-refractivity contribution in [1.29, 1.82) is 0 Å². The highest BCUT2D eigenvalue weighted by atomic mass is 127. The zero-order valence-electron chi connectivity index (χ0n) is 16.9. The van der Waals surface area contributed by atoms with Gasteiger partial charge in [-0.05, 0) is 90.2 Å². The van der Waals surface area contributed by atoms with Crippen LogP contribution in [0, 0.1) is 10.5 Å². The zero-order valence-corrected chi connectivity index (χ0v) is 19.8. The van der Waals surface area contributed by atoms with Gasteiger partial charge in [0.15, 0.2) is 0 Å². The summed E-state index contributed by atoms with van der Waals surface area (Å²) in [7, 11) is 0. The molecule has 1 aliphatic rings. The summed E-state index contributed by atoms with van der Waals surface area (Å²) in [5.74, 6) is -1.38. The molecule has 8 heteroatoms.